The zero-order valence-electron chi connectivity index (χ0n) is 12.6. The van der Waals surface area contributed by atoms with Gasteiger partial charge in [-0.3, -0.25) is 5.32 Å². The van der Waals surface area contributed by atoms with Gasteiger partial charge in [0.2, 0.25) is 0 Å². The first kappa shape index (κ1) is 12.9. The van der Waals surface area contributed by atoms with Crippen LogP contribution in [0.25, 0.3) is 0 Å². The molecule has 1 aliphatic heterocycles. The molecule has 2 aliphatic carbocycles. The van der Waals surface area contributed by atoms with Crippen molar-refractivity contribution in [2.24, 2.45) is 10.8 Å². The lowest BCUT2D eigenvalue weighted by Crippen LogP contribution is -2.65. The maximum absolute atomic E-state index is 6.70. The van der Waals surface area contributed by atoms with Crippen LogP contribution in [-0.2, 0) is 4.74 Å². The standard InChI is InChI=1S/C16H29NO/c1-13(2)10-14(3,4)12-16(11-13)17-9-8-15(18-16)6-5-7-15/h17H,5-12H2,1-4H3. The van der Waals surface area contributed by atoms with E-state index in [4.69, 9.17) is 4.74 Å². The fourth-order valence-corrected chi connectivity index (χ4v) is 5.17. The third-order valence-corrected chi connectivity index (χ3v) is 5.19. The Balaban J connectivity index is 1.84. The Hall–Kier alpha value is -0.0800. The molecule has 1 heterocycles. The first-order valence-electron chi connectivity index (χ1n) is 7.69. The van der Waals surface area contributed by atoms with Crippen molar-refractivity contribution in [1.29, 1.82) is 0 Å². The normalized spacial score (nSPS) is 35.3. The van der Waals surface area contributed by atoms with E-state index in [0.717, 1.165) is 6.54 Å². The second kappa shape index (κ2) is 3.73. The molecule has 3 fully saturated rings. The first-order chi connectivity index (χ1) is 8.24. The molecule has 2 saturated carbocycles. The van der Waals surface area contributed by atoms with E-state index < -0.39 is 0 Å². The molecule has 0 atom stereocenters. The lowest BCUT2D eigenvalue weighted by Gasteiger charge is -2.59. The van der Waals surface area contributed by atoms with Crippen LogP contribution < -0.4 is 5.32 Å². The van der Waals surface area contributed by atoms with Crippen molar-refractivity contribution in [3.8, 4) is 0 Å². The van der Waals surface area contributed by atoms with Crippen LogP contribution in [0.3, 0.4) is 0 Å². The second-order valence-corrected chi connectivity index (χ2v) is 8.67. The fourth-order valence-electron chi connectivity index (χ4n) is 5.17. The number of nitrogens with one attached hydrogen (secondary N) is 1. The SMILES string of the molecule is CC1(C)CC(C)(C)CC2(C1)NCCC1(CCC1)O2. The summed E-state index contributed by atoms with van der Waals surface area (Å²) in [7, 11) is 0. The lowest BCUT2D eigenvalue weighted by molar-refractivity contribution is -0.264. The second-order valence-electron chi connectivity index (χ2n) is 8.67. The Morgan fingerprint density at radius 2 is 1.44 bits per heavy atom. The van der Waals surface area contributed by atoms with E-state index in [9.17, 15) is 0 Å². The molecular formula is C16H29NO. The van der Waals surface area contributed by atoms with E-state index in [1.165, 1.54) is 44.9 Å². The maximum atomic E-state index is 6.70. The van der Waals surface area contributed by atoms with Crippen molar-refractivity contribution in [1.82, 2.24) is 5.32 Å². The highest BCUT2D eigenvalue weighted by atomic mass is 16.5. The highest BCUT2D eigenvalue weighted by Crippen LogP contribution is 2.54. The van der Waals surface area contributed by atoms with Crippen molar-refractivity contribution >= 4 is 0 Å². The molecule has 0 aromatic rings. The predicted octanol–water partition coefficient (Wildman–Crippen LogP) is 3.85. The van der Waals surface area contributed by atoms with Crippen LogP contribution in [-0.4, -0.2) is 17.9 Å². The molecular weight excluding hydrogens is 222 g/mol. The molecule has 3 rings (SSSR count). The summed E-state index contributed by atoms with van der Waals surface area (Å²) in [6.45, 7) is 10.8. The third kappa shape index (κ3) is 2.22. The van der Waals surface area contributed by atoms with Gasteiger partial charge in [0, 0.05) is 6.54 Å². The van der Waals surface area contributed by atoms with Crippen LogP contribution in [0.5, 0.6) is 0 Å². The summed E-state index contributed by atoms with van der Waals surface area (Å²) in [6.07, 6.45) is 8.81. The van der Waals surface area contributed by atoms with E-state index in [0.29, 0.717) is 10.8 Å². The van der Waals surface area contributed by atoms with Gasteiger partial charge >= 0.3 is 0 Å². The molecule has 2 spiro atoms. The van der Waals surface area contributed by atoms with Gasteiger partial charge in [0.25, 0.3) is 0 Å². The molecule has 0 radical (unpaired) electrons. The lowest BCUT2D eigenvalue weighted by atomic mass is 9.61. The van der Waals surface area contributed by atoms with Crippen molar-refractivity contribution in [3.05, 3.63) is 0 Å². The van der Waals surface area contributed by atoms with Gasteiger partial charge in [-0.1, -0.05) is 27.7 Å². The average molecular weight is 251 g/mol. The fraction of sp³-hybridized carbons (Fsp3) is 1.00. The minimum absolute atomic E-state index is 0.0378. The van der Waals surface area contributed by atoms with Gasteiger partial charge in [-0.25, -0.2) is 0 Å². The minimum atomic E-state index is -0.0378. The van der Waals surface area contributed by atoms with Gasteiger partial charge in [0.1, 0.15) is 5.72 Å². The van der Waals surface area contributed by atoms with Crippen molar-refractivity contribution in [3.63, 3.8) is 0 Å². The van der Waals surface area contributed by atoms with Crippen LogP contribution in [0, 0.1) is 10.8 Å². The van der Waals surface area contributed by atoms with Gasteiger partial charge in [0.15, 0.2) is 0 Å². The van der Waals surface area contributed by atoms with E-state index in [-0.39, 0.29) is 11.3 Å². The molecule has 2 heteroatoms. The summed E-state index contributed by atoms with van der Waals surface area (Å²) in [4.78, 5) is 0. The van der Waals surface area contributed by atoms with Gasteiger partial charge < -0.3 is 4.74 Å². The highest BCUT2D eigenvalue weighted by molar-refractivity contribution is 5.04. The monoisotopic (exact) mass is 251 g/mol. The van der Waals surface area contributed by atoms with Crippen molar-refractivity contribution in [2.75, 3.05) is 6.54 Å². The van der Waals surface area contributed by atoms with Crippen LogP contribution in [0.15, 0.2) is 0 Å². The summed E-state index contributed by atoms with van der Waals surface area (Å²) in [5, 5.41) is 3.75. The van der Waals surface area contributed by atoms with E-state index in [2.05, 4.69) is 33.0 Å². The number of rotatable bonds is 0. The molecule has 2 nitrogen and oxygen atoms in total. The van der Waals surface area contributed by atoms with Crippen LogP contribution in [0.1, 0.15) is 72.6 Å². The summed E-state index contributed by atoms with van der Waals surface area (Å²) in [5.74, 6) is 0. The zero-order valence-corrected chi connectivity index (χ0v) is 12.6. The average Bonchev–Trinajstić information content (AvgIpc) is 2.09. The molecule has 0 aromatic carbocycles. The van der Waals surface area contributed by atoms with E-state index in [1.54, 1.807) is 0 Å². The zero-order chi connectivity index (χ0) is 13.1. The molecule has 18 heavy (non-hydrogen) atoms. The molecule has 3 aliphatic rings. The Bertz CT molecular complexity index is 325. The maximum Gasteiger partial charge on any atom is 0.121 e. The predicted molar refractivity (Wildman–Crippen MR) is 74.4 cm³/mol. The summed E-state index contributed by atoms with van der Waals surface area (Å²) in [6, 6.07) is 0. The number of hydrogen-bond donors (Lipinski definition) is 1. The van der Waals surface area contributed by atoms with Crippen LogP contribution in [0.4, 0.5) is 0 Å². The smallest absolute Gasteiger partial charge is 0.121 e. The molecule has 0 bridgehead atoms. The number of hydrogen-bond acceptors (Lipinski definition) is 2. The van der Waals surface area contributed by atoms with Gasteiger partial charge in [-0.15, -0.1) is 0 Å². The molecule has 0 aromatic heterocycles. The summed E-state index contributed by atoms with van der Waals surface area (Å²) in [5.41, 5.74) is 0.979. The molecule has 104 valence electrons. The van der Waals surface area contributed by atoms with Crippen molar-refractivity contribution < 1.29 is 4.74 Å². The van der Waals surface area contributed by atoms with Crippen molar-refractivity contribution in [2.45, 2.75) is 84.0 Å². The van der Waals surface area contributed by atoms with Crippen LogP contribution in [0.2, 0.25) is 0 Å². The quantitative estimate of drug-likeness (QED) is 0.706. The Morgan fingerprint density at radius 3 is 1.94 bits per heavy atom. The Morgan fingerprint density at radius 1 is 0.833 bits per heavy atom. The number of ether oxygens (including phenoxy) is 1. The molecule has 0 amide bonds. The van der Waals surface area contributed by atoms with Gasteiger partial charge in [-0.2, -0.15) is 0 Å². The highest BCUT2D eigenvalue weighted by Gasteiger charge is 2.54. The summed E-state index contributed by atoms with van der Waals surface area (Å²) < 4.78 is 6.70. The summed E-state index contributed by atoms with van der Waals surface area (Å²) >= 11 is 0. The van der Waals surface area contributed by atoms with Crippen LogP contribution >= 0.6 is 0 Å². The molecule has 1 N–H and O–H groups in total. The van der Waals surface area contributed by atoms with Gasteiger partial charge in [0.05, 0.1) is 5.60 Å². The molecule has 1 saturated heterocycles. The largest absolute Gasteiger partial charge is 0.354 e. The van der Waals surface area contributed by atoms with E-state index >= 15 is 0 Å². The third-order valence-electron chi connectivity index (χ3n) is 5.19. The Labute approximate surface area is 112 Å². The van der Waals surface area contributed by atoms with Gasteiger partial charge in [-0.05, 0) is 55.8 Å². The Kier molecular flexibility index (Phi) is 2.68. The minimum Gasteiger partial charge on any atom is -0.354 e. The topological polar surface area (TPSA) is 21.3 Å². The molecule has 0 unspecified atom stereocenters. The first-order valence-corrected chi connectivity index (χ1v) is 7.69. The van der Waals surface area contributed by atoms with E-state index in [1.807, 2.05) is 0 Å².